The molecule has 1 amide bonds. The van der Waals surface area contributed by atoms with Gasteiger partial charge in [-0.05, 0) is 25.7 Å². The molecule has 3 rings (SSSR count). The van der Waals surface area contributed by atoms with Gasteiger partial charge >= 0.3 is 0 Å². The Morgan fingerprint density at radius 1 is 1.19 bits per heavy atom. The van der Waals surface area contributed by atoms with Gasteiger partial charge in [0.2, 0.25) is 5.91 Å². The zero-order valence-electron chi connectivity index (χ0n) is 12.3. The molecular weight excluding hydrogens is 286 g/mol. The van der Waals surface area contributed by atoms with Crippen LogP contribution < -0.4 is 5.73 Å². The number of hydrogen-bond acceptors (Lipinski definition) is 5. The van der Waals surface area contributed by atoms with Crippen LogP contribution in [0.3, 0.4) is 0 Å². The molecule has 1 saturated carbocycles. The molecule has 0 bridgehead atoms. The third-order valence-corrected chi connectivity index (χ3v) is 5.04. The molecule has 0 atom stereocenters. The fraction of sp³-hybridized carbons (Fsp3) is 0.786. The van der Waals surface area contributed by atoms with Crippen LogP contribution in [-0.4, -0.2) is 44.4 Å². The van der Waals surface area contributed by atoms with Crippen molar-refractivity contribution in [3.63, 3.8) is 0 Å². The molecule has 1 aromatic rings. The zero-order chi connectivity index (χ0) is 14.7. The highest BCUT2D eigenvalue weighted by atomic mass is 32.2. The lowest BCUT2D eigenvalue weighted by molar-refractivity contribution is -0.128. The number of nitrogens with zero attached hydrogens (tertiary/aromatic N) is 4. The second-order valence-corrected chi connectivity index (χ2v) is 6.73. The Balaban J connectivity index is 1.59. The van der Waals surface area contributed by atoms with Crippen molar-refractivity contribution in [2.24, 2.45) is 5.73 Å². The first-order chi connectivity index (χ1) is 10.3. The Bertz CT molecular complexity index is 492. The molecule has 0 unspecified atom stereocenters. The van der Waals surface area contributed by atoms with E-state index in [1.54, 1.807) is 0 Å². The van der Waals surface area contributed by atoms with Crippen molar-refractivity contribution in [2.75, 3.05) is 18.8 Å². The Hall–Kier alpha value is -1.08. The van der Waals surface area contributed by atoms with Gasteiger partial charge in [-0.3, -0.25) is 4.79 Å². The number of nitrogens with two attached hydrogens (primary N) is 1. The van der Waals surface area contributed by atoms with E-state index >= 15 is 0 Å². The average molecular weight is 309 g/mol. The standard InChI is InChI=1S/C14H23N5OS/c15-9-12-16-17-14(19(12)11-5-6-11)21-10-13(20)18-7-3-1-2-4-8-18/h11H,1-10,15H2. The third-order valence-electron chi connectivity index (χ3n) is 4.11. The largest absolute Gasteiger partial charge is 0.342 e. The molecule has 21 heavy (non-hydrogen) atoms. The highest BCUT2D eigenvalue weighted by molar-refractivity contribution is 7.99. The summed E-state index contributed by atoms with van der Waals surface area (Å²) in [6.45, 7) is 2.22. The summed E-state index contributed by atoms with van der Waals surface area (Å²) in [6.07, 6.45) is 7.08. The summed E-state index contributed by atoms with van der Waals surface area (Å²) in [5, 5.41) is 9.20. The van der Waals surface area contributed by atoms with Gasteiger partial charge in [-0.1, -0.05) is 24.6 Å². The molecule has 6 nitrogen and oxygen atoms in total. The fourth-order valence-electron chi connectivity index (χ4n) is 2.78. The quantitative estimate of drug-likeness (QED) is 0.835. The SMILES string of the molecule is NCc1nnc(SCC(=O)N2CCCCCC2)n1C1CC1. The molecule has 2 aliphatic rings. The van der Waals surface area contributed by atoms with Gasteiger partial charge in [-0.25, -0.2) is 0 Å². The van der Waals surface area contributed by atoms with Gasteiger partial charge < -0.3 is 15.2 Å². The van der Waals surface area contributed by atoms with Crippen LogP contribution in [0.25, 0.3) is 0 Å². The summed E-state index contributed by atoms with van der Waals surface area (Å²) in [5.41, 5.74) is 5.71. The third kappa shape index (κ3) is 3.58. The lowest BCUT2D eigenvalue weighted by Crippen LogP contribution is -2.33. The van der Waals surface area contributed by atoms with Crippen LogP contribution in [-0.2, 0) is 11.3 Å². The highest BCUT2D eigenvalue weighted by Crippen LogP contribution is 2.38. The van der Waals surface area contributed by atoms with Gasteiger partial charge in [0.15, 0.2) is 5.16 Å². The van der Waals surface area contributed by atoms with E-state index in [1.165, 1.54) is 37.4 Å². The zero-order valence-corrected chi connectivity index (χ0v) is 13.1. The lowest BCUT2D eigenvalue weighted by Gasteiger charge is -2.19. The van der Waals surface area contributed by atoms with Gasteiger partial charge in [0.25, 0.3) is 0 Å². The summed E-state index contributed by atoms with van der Waals surface area (Å²) in [7, 11) is 0. The summed E-state index contributed by atoms with van der Waals surface area (Å²) < 4.78 is 2.13. The fourth-order valence-corrected chi connectivity index (χ4v) is 3.71. The molecule has 1 aliphatic carbocycles. The van der Waals surface area contributed by atoms with E-state index in [2.05, 4.69) is 14.8 Å². The maximum absolute atomic E-state index is 12.3. The number of carbonyl (C=O) groups excluding carboxylic acids is 1. The number of rotatable bonds is 5. The van der Waals surface area contributed by atoms with E-state index in [0.717, 1.165) is 36.9 Å². The van der Waals surface area contributed by atoms with E-state index < -0.39 is 0 Å². The first-order valence-electron chi connectivity index (χ1n) is 7.84. The van der Waals surface area contributed by atoms with Crippen LogP contribution in [0.1, 0.15) is 50.4 Å². The van der Waals surface area contributed by atoms with Crippen molar-refractivity contribution >= 4 is 17.7 Å². The van der Waals surface area contributed by atoms with Crippen molar-refractivity contribution < 1.29 is 4.79 Å². The van der Waals surface area contributed by atoms with Gasteiger partial charge in [0, 0.05) is 19.1 Å². The van der Waals surface area contributed by atoms with Crippen molar-refractivity contribution in [3.8, 4) is 0 Å². The molecule has 1 aromatic heterocycles. The Morgan fingerprint density at radius 3 is 2.52 bits per heavy atom. The second kappa shape index (κ2) is 6.79. The molecule has 2 fully saturated rings. The Labute approximate surface area is 129 Å². The molecule has 2 heterocycles. The molecule has 0 aromatic carbocycles. The monoisotopic (exact) mass is 309 g/mol. The minimum atomic E-state index is 0.224. The number of aromatic nitrogens is 3. The topological polar surface area (TPSA) is 77.0 Å². The molecular formula is C14H23N5OS. The van der Waals surface area contributed by atoms with Gasteiger partial charge in [0.05, 0.1) is 12.3 Å². The van der Waals surface area contributed by atoms with Gasteiger partial charge in [-0.2, -0.15) is 0 Å². The summed E-state index contributed by atoms with van der Waals surface area (Å²) in [5.74, 6) is 1.51. The molecule has 2 N–H and O–H groups in total. The first-order valence-corrected chi connectivity index (χ1v) is 8.82. The predicted molar refractivity (Wildman–Crippen MR) is 82.0 cm³/mol. The number of hydrogen-bond donors (Lipinski definition) is 1. The van der Waals surface area contributed by atoms with E-state index in [-0.39, 0.29) is 5.91 Å². The number of amides is 1. The summed E-state index contributed by atoms with van der Waals surface area (Å²) in [4.78, 5) is 14.3. The van der Waals surface area contributed by atoms with Crippen molar-refractivity contribution in [1.29, 1.82) is 0 Å². The summed E-state index contributed by atoms with van der Waals surface area (Å²) in [6, 6.07) is 0.495. The van der Waals surface area contributed by atoms with Crippen LogP contribution in [0, 0.1) is 0 Å². The van der Waals surface area contributed by atoms with Crippen LogP contribution >= 0.6 is 11.8 Å². The van der Waals surface area contributed by atoms with Crippen LogP contribution in [0.15, 0.2) is 5.16 Å². The van der Waals surface area contributed by atoms with E-state index in [1.807, 2.05) is 4.90 Å². The first kappa shape index (κ1) is 14.8. The van der Waals surface area contributed by atoms with Crippen LogP contribution in [0.4, 0.5) is 0 Å². The Morgan fingerprint density at radius 2 is 1.90 bits per heavy atom. The molecule has 0 spiro atoms. The smallest absolute Gasteiger partial charge is 0.233 e. The van der Waals surface area contributed by atoms with E-state index in [9.17, 15) is 4.79 Å². The van der Waals surface area contributed by atoms with Crippen molar-refractivity contribution in [2.45, 2.75) is 56.3 Å². The molecule has 116 valence electrons. The van der Waals surface area contributed by atoms with Crippen molar-refractivity contribution in [1.82, 2.24) is 19.7 Å². The van der Waals surface area contributed by atoms with E-state index in [0.29, 0.717) is 18.3 Å². The summed E-state index contributed by atoms with van der Waals surface area (Å²) >= 11 is 1.50. The van der Waals surface area contributed by atoms with Crippen molar-refractivity contribution in [3.05, 3.63) is 5.82 Å². The predicted octanol–water partition coefficient (Wildman–Crippen LogP) is 1.57. The highest BCUT2D eigenvalue weighted by Gasteiger charge is 2.29. The van der Waals surface area contributed by atoms with Gasteiger partial charge in [-0.15, -0.1) is 10.2 Å². The van der Waals surface area contributed by atoms with Crippen LogP contribution in [0.2, 0.25) is 0 Å². The lowest BCUT2D eigenvalue weighted by atomic mass is 10.2. The average Bonchev–Trinajstić information content (AvgIpc) is 3.29. The maximum atomic E-state index is 12.3. The minimum absolute atomic E-state index is 0.224. The second-order valence-electron chi connectivity index (χ2n) is 5.79. The van der Waals surface area contributed by atoms with Crippen LogP contribution in [0.5, 0.6) is 0 Å². The Kier molecular flexibility index (Phi) is 4.80. The van der Waals surface area contributed by atoms with E-state index in [4.69, 9.17) is 5.73 Å². The number of thioether (sulfide) groups is 1. The normalized spacial score (nSPS) is 19.6. The maximum Gasteiger partial charge on any atom is 0.233 e. The molecule has 1 saturated heterocycles. The number of carbonyl (C=O) groups is 1. The number of likely N-dealkylation sites (tertiary alicyclic amines) is 1. The molecule has 0 radical (unpaired) electrons. The van der Waals surface area contributed by atoms with Gasteiger partial charge in [0.1, 0.15) is 5.82 Å². The minimum Gasteiger partial charge on any atom is -0.342 e. The molecule has 1 aliphatic heterocycles. The molecule has 7 heteroatoms.